The van der Waals surface area contributed by atoms with Crippen molar-refractivity contribution in [2.24, 2.45) is 5.92 Å². The maximum absolute atomic E-state index is 12.7. The number of allylic oxidation sites excluding steroid dienone is 2. The van der Waals surface area contributed by atoms with Crippen LogP contribution in [0.25, 0.3) is 5.57 Å². The SMILES string of the molecule is CCOC(=O)CC1CC=C(c2ccnc(C(F)(F)F)c2)CC1. The number of aromatic nitrogens is 1. The molecule has 0 aromatic carbocycles. The second-order valence-corrected chi connectivity index (χ2v) is 5.31. The lowest BCUT2D eigenvalue weighted by Gasteiger charge is -2.21. The summed E-state index contributed by atoms with van der Waals surface area (Å²) in [6, 6.07) is 2.67. The highest BCUT2D eigenvalue weighted by atomic mass is 19.4. The van der Waals surface area contributed by atoms with Crippen LogP contribution < -0.4 is 0 Å². The van der Waals surface area contributed by atoms with Crippen molar-refractivity contribution in [1.29, 1.82) is 0 Å². The van der Waals surface area contributed by atoms with E-state index in [1.54, 1.807) is 13.0 Å². The van der Waals surface area contributed by atoms with Crippen LogP contribution >= 0.6 is 0 Å². The number of esters is 1. The molecule has 0 fully saturated rings. The van der Waals surface area contributed by atoms with Gasteiger partial charge in [0.25, 0.3) is 0 Å². The van der Waals surface area contributed by atoms with Gasteiger partial charge in [-0.25, -0.2) is 0 Å². The number of hydrogen-bond acceptors (Lipinski definition) is 3. The minimum Gasteiger partial charge on any atom is -0.466 e. The first-order valence-corrected chi connectivity index (χ1v) is 7.28. The van der Waals surface area contributed by atoms with Gasteiger partial charge in [-0.2, -0.15) is 13.2 Å². The Labute approximate surface area is 127 Å². The van der Waals surface area contributed by atoms with Crippen LogP contribution in [-0.4, -0.2) is 17.6 Å². The van der Waals surface area contributed by atoms with E-state index >= 15 is 0 Å². The van der Waals surface area contributed by atoms with Crippen LogP contribution in [0.3, 0.4) is 0 Å². The summed E-state index contributed by atoms with van der Waals surface area (Å²) in [5.74, 6) is -0.0145. The molecule has 0 N–H and O–H groups in total. The summed E-state index contributed by atoms with van der Waals surface area (Å²) in [6.07, 6.45) is 1.14. The summed E-state index contributed by atoms with van der Waals surface area (Å²) in [7, 11) is 0. The lowest BCUT2D eigenvalue weighted by atomic mass is 9.85. The van der Waals surface area contributed by atoms with Gasteiger partial charge in [-0.3, -0.25) is 9.78 Å². The molecule has 0 saturated carbocycles. The van der Waals surface area contributed by atoms with Crippen molar-refractivity contribution in [3.05, 3.63) is 35.7 Å². The highest BCUT2D eigenvalue weighted by molar-refractivity contribution is 5.70. The van der Waals surface area contributed by atoms with E-state index in [4.69, 9.17) is 4.74 Å². The molecular weight excluding hydrogens is 295 g/mol. The molecule has 0 radical (unpaired) electrons. The van der Waals surface area contributed by atoms with Crippen molar-refractivity contribution in [3.8, 4) is 0 Å². The second-order valence-electron chi connectivity index (χ2n) is 5.31. The first-order valence-electron chi connectivity index (χ1n) is 7.28. The number of hydrogen-bond donors (Lipinski definition) is 0. The topological polar surface area (TPSA) is 39.2 Å². The first kappa shape index (κ1) is 16.5. The summed E-state index contributed by atoms with van der Waals surface area (Å²) < 4.78 is 43.0. The number of carbonyl (C=O) groups is 1. The molecule has 1 heterocycles. The number of pyridine rings is 1. The quantitative estimate of drug-likeness (QED) is 0.781. The van der Waals surface area contributed by atoms with E-state index in [1.807, 2.05) is 6.08 Å². The fraction of sp³-hybridized carbons (Fsp3) is 0.500. The van der Waals surface area contributed by atoms with Crippen LogP contribution in [0.2, 0.25) is 0 Å². The van der Waals surface area contributed by atoms with Crippen LogP contribution in [0.5, 0.6) is 0 Å². The normalized spacial score (nSPS) is 18.7. The molecule has 0 amide bonds. The Balaban J connectivity index is 2.03. The Morgan fingerprint density at radius 2 is 2.23 bits per heavy atom. The summed E-state index contributed by atoms with van der Waals surface area (Å²) in [6.45, 7) is 2.13. The van der Waals surface area contributed by atoms with Gasteiger partial charge >= 0.3 is 12.1 Å². The molecule has 0 bridgehead atoms. The Morgan fingerprint density at radius 3 is 2.82 bits per heavy atom. The lowest BCUT2D eigenvalue weighted by Crippen LogP contribution is -2.14. The molecule has 22 heavy (non-hydrogen) atoms. The molecule has 1 aromatic heterocycles. The zero-order valence-corrected chi connectivity index (χ0v) is 12.3. The molecular formula is C16H18F3NO2. The summed E-state index contributed by atoms with van der Waals surface area (Å²) in [5, 5.41) is 0. The van der Waals surface area contributed by atoms with Gasteiger partial charge in [0.1, 0.15) is 5.69 Å². The van der Waals surface area contributed by atoms with Crippen molar-refractivity contribution in [3.63, 3.8) is 0 Å². The molecule has 1 unspecified atom stereocenters. The number of halogens is 3. The van der Waals surface area contributed by atoms with E-state index in [0.717, 1.165) is 18.1 Å². The van der Waals surface area contributed by atoms with Gasteiger partial charge in [0, 0.05) is 12.6 Å². The Morgan fingerprint density at radius 1 is 1.45 bits per heavy atom. The van der Waals surface area contributed by atoms with Gasteiger partial charge in [0.15, 0.2) is 0 Å². The third-order valence-corrected chi connectivity index (χ3v) is 3.70. The van der Waals surface area contributed by atoms with Crippen LogP contribution in [0.1, 0.15) is 43.9 Å². The summed E-state index contributed by atoms with van der Waals surface area (Å²) in [5.41, 5.74) is 0.560. The van der Waals surface area contributed by atoms with E-state index in [9.17, 15) is 18.0 Å². The Hall–Kier alpha value is -1.85. The zero-order valence-electron chi connectivity index (χ0n) is 12.3. The third-order valence-electron chi connectivity index (χ3n) is 3.70. The lowest BCUT2D eigenvalue weighted by molar-refractivity contribution is -0.144. The van der Waals surface area contributed by atoms with Gasteiger partial charge < -0.3 is 4.74 Å². The second kappa shape index (κ2) is 6.94. The molecule has 1 aromatic rings. The molecule has 6 heteroatoms. The van der Waals surface area contributed by atoms with Crippen LogP contribution in [0.4, 0.5) is 13.2 Å². The number of ether oxygens (including phenoxy) is 1. The van der Waals surface area contributed by atoms with Crippen LogP contribution in [-0.2, 0) is 15.7 Å². The average molecular weight is 313 g/mol. The number of nitrogens with zero attached hydrogens (tertiary/aromatic N) is 1. The monoisotopic (exact) mass is 313 g/mol. The van der Waals surface area contributed by atoms with E-state index in [-0.39, 0.29) is 11.9 Å². The fourth-order valence-electron chi connectivity index (χ4n) is 2.58. The predicted molar refractivity (Wildman–Crippen MR) is 75.8 cm³/mol. The molecule has 1 aliphatic rings. The van der Waals surface area contributed by atoms with Crippen molar-refractivity contribution in [2.45, 2.75) is 38.8 Å². The Kier molecular flexibility index (Phi) is 5.21. The van der Waals surface area contributed by atoms with E-state index in [0.29, 0.717) is 31.4 Å². The first-order chi connectivity index (χ1) is 10.4. The average Bonchev–Trinajstić information content (AvgIpc) is 2.47. The highest BCUT2D eigenvalue weighted by Gasteiger charge is 2.32. The van der Waals surface area contributed by atoms with Gasteiger partial charge in [0.2, 0.25) is 0 Å². The van der Waals surface area contributed by atoms with E-state index < -0.39 is 11.9 Å². The van der Waals surface area contributed by atoms with Crippen molar-refractivity contribution < 1.29 is 22.7 Å². The number of alkyl halides is 3. The summed E-state index contributed by atoms with van der Waals surface area (Å²) in [4.78, 5) is 14.8. The van der Waals surface area contributed by atoms with Crippen LogP contribution in [0.15, 0.2) is 24.4 Å². The van der Waals surface area contributed by atoms with Crippen LogP contribution in [0, 0.1) is 5.92 Å². The minimum atomic E-state index is -4.43. The minimum absolute atomic E-state index is 0.201. The molecule has 1 atom stereocenters. The maximum Gasteiger partial charge on any atom is 0.433 e. The van der Waals surface area contributed by atoms with E-state index in [1.165, 1.54) is 6.20 Å². The van der Waals surface area contributed by atoms with Gasteiger partial charge in [0.05, 0.1) is 6.61 Å². The standard InChI is InChI=1S/C16H18F3NO2/c1-2-22-15(21)9-11-3-5-12(6-4-11)13-7-8-20-14(10-13)16(17,18)19/h5,7-8,10-11H,2-4,6,9H2,1H3. The van der Waals surface area contributed by atoms with Crippen molar-refractivity contribution in [2.75, 3.05) is 6.61 Å². The van der Waals surface area contributed by atoms with Crippen molar-refractivity contribution in [1.82, 2.24) is 4.98 Å². The third kappa shape index (κ3) is 4.32. The largest absolute Gasteiger partial charge is 0.466 e. The molecule has 0 saturated heterocycles. The molecule has 1 aliphatic carbocycles. The number of rotatable bonds is 4. The zero-order chi connectivity index (χ0) is 16.2. The van der Waals surface area contributed by atoms with Gasteiger partial charge in [-0.1, -0.05) is 6.08 Å². The van der Waals surface area contributed by atoms with Gasteiger partial charge in [-0.05, 0) is 55.4 Å². The summed E-state index contributed by atoms with van der Waals surface area (Å²) >= 11 is 0. The maximum atomic E-state index is 12.7. The van der Waals surface area contributed by atoms with E-state index in [2.05, 4.69) is 4.98 Å². The molecule has 2 rings (SSSR count). The molecule has 0 aliphatic heterocycles. The highest BCUT2D eigenvalue weighted by Crippen LogP contribution is 2.34. The number of carbonyl (C=O) groups excluding carboxylic acids is 1. The molecule has 120 valence electrons. The smallest absolute Gasteiger partial charge is 0.433 e. The molecule has 0 spiro atoms. The Bertz CT molecular complexity index is 567. The van der Waals surface area contributed by atoms with Gasteiger partial charge in [-0.15, -0.1) is 0 Å². The predicted octanol–water partition coefficient (Wildman–Crippen LogP) is 4.24. The molecule has 3 nitrogen and oxygen atoms in total. The van der Waals surface area contributed by atoms with Crippen molar-refractivity contribution >= 4 is 11.5 Å². The fourth-order valence-corrected chi connectivity index (χ4v) is 2.58.